The van der Waals surface area contributed by atoms with Crippen LogP contribution in [0.2, 0.25) is 0 Å². The van der Waals surface area contributed by atoms with Gasteiger partial charge in [0.05, 0.1) is 20.8 Å². The Labute approximate surface area is 113 Å². The number of rotatable bonds is 3. The van der Waals surface area contributed by atoms with Crippen molar-refractivity contribution >= 4 is 15.8 Å². The van der Waals surface area contributed by atoms with Gasteiger partial charge in [0, 0.05) is 17.7 Å². The van der Waals surface area contributed by atoms with Gasteiger partial charge in [-0.05, 0) is 6.07 Å². The molecule has 0 radical (unpaired) electrons. The Bertz CT molecular complexity index is 500. The van der Waals surface area contributed by atoms with E-state index >= 15 is 0 Å². The van der Waals surface area contributed by atoms with E-state index in [0.29, 0.717) is 0 Å². The van der Waals surface area contributed by atoms with Gasteiger partial charge in [-0.15, -0.1) is 0 Å². The first-order valence-corrected chi connectivity index (χ1v) is 5.27. The van der Waals surface area contributed by atoms with Crippen LogP contribution in [0.5, 0.6) is 5.75 Å². The summed E-state index contributed by atoms with van der Waals surface area (Å²) < 4.78 is 31.2. The molecule has 0 saturated heterocycles. The Morgan fingerprint density at radius 2 is 1.94 bits per heavy atom. The minimum Gasteiger partial charge on any atom is -0.748 e. The molecule has 1 rings (SSSR count). The Hall–Kier alpha value is -0.670. The number of non-ortho nitro benzene ring substituents is 1. The van der Waals surface area contributed by atoms with Crippen molar-refractivity contribution in [2.75, 3.05) is 0 Å². The first kappa shape index (κ1) is 15.3. The van der Waals surface area contributed by atoms with Gasteiger partial charge >= 0.3 is 29.6 Å². The monoisotopic (exact) mass is 255 g/mol. The molecule has 1 aromatic rings. The molecule has 0 saturated carbocycles. The van der Waals surface area contributed by atoms with Crippen LogP contribution in [0.15, 0.2) is 18.2 Å². The SMILES string of the molecule is O=[N+]([O-])c1ccc(O)c(CS(=O)(=O)[O-])c1.[Na+]. The first-order chi connectivity index (χ1) is 6.79. The van der Waals surface area contributed by atoms with Crippen LogP contribution in [0.4, 0.5) is 5.69 Å². The summed E-state index contributed by atoms with van der Waals surface area (Å²) in [6, 6.07) is 2.83. The number of nitro groups is 1. The predicted octanol–water partition coefficient (Wildman–Crippen LogP) is -2.65. The zero-order valence-electron chi connectivity index (χ0n) is 8.28. The molecule has 0 aliphatic rings. The zero-order valence-corrected chi connectivity index (χ0v) is 11.1. The number of phenolic OH excluding ortho intramolecular Hbond substituents is 1. The fourth-order valence-electron chi connectivity index (χ4n) is 0.992. The summed E-state index contributed by atoms with van der Waals surface area (Å²) in [6.07, 6.45) is 0. The normalized spacial score (nSPS) is 10.6. The van der Waals surface area contributed by atoms with Crippen LogP contribution in [-0.4, -0.2) is 23.0 Å². The van der Waals surface area contributed by atoms with E-state index in [4.69, 9.17) is 5.11 Å². The van der Waals surface area contributed by atoms with Crippen LogP contribution < -0.4 is 29.6 Å². The van der Waals surface area contributed by atoms with Gasteiger partial charge in [0.1, 0.15) is 5.75 Å². The Morgan fingerprint density at radius 1 is 1.38 bits per heavy atom. The van der Waals surface area contributed by atoms with E-state index in [1.807, 2.05) is 0 Å². The molecule has 0 atom stereocenters. The molecule has 0 amide bonds. The second kappa shape index (κ2) is 5.60. The van der Waals surface area contributed by atoms with Crippen LogP contribution in [0.25, 0.3) is 0 Å². The average molecular weight is 255 g/mol. The smallest absolute Gasteiger partial charge is 0.748 e. The minimum atomic E-state index is -4.57. The molecule has 7 nitrogen and oxygen atoms in total. The summed E-state index contributed by atoms with van der Waals surface area (Å²) >= 11 is 0. The maximum absolute atomic E-state index is 10.4. The number of hydrogen-bond acceptors (Lipinski definition) is 6. The maximum atomic E-state index is 10.4. The van der Waals surface area contributed by atoms with Gasteiger partial charge in [-0.3, -0.25) is 10.1 Å². The molecular weight excluding hydrogens is 249 g/mol. The predicted molar refractivity (Wildman–Crippen MR) is 48.2 cm³/mol. The molecule has 82 valence electrons. The van der Waals surface area contributed by atoms with Crippen molar-refractivity contribution in [2.45, 2.75) is 5.75 Å². The summed E-state index contributed by atoms with van der Waals surface area (Å²) in [6.45, 7) is 0. The molecule has 1 aromatic carbocycles. The molecule has 0 bridgehead atoms. The van der Waals surface area contributed by atoms with Crippen molar-refractivity contribution in [3.05, 3.63) is 33.9 Å². The third kappa shape index (κ3) is 4.45. The van der Waals surface area contributed by atoms with Crippen molar-refractivity contribution in [2.24, 2.45) is 0 Å². The molecule has 9 heteroatoms. The number of hydrogen-bond donors (Lipinski definition) is 1. The van der Waals surface area contributed by atoms with Gasteiger partial charge in [0.25, 0.3) is 5.69 Å². The molecule has 0 aliphatic heterocycles. The van der Waals surface area contributed by atoms with Crippen molar-refractivity contribution in [1.82, 2.24) is 0 Å². The van der Waals surface area contributed by atoms with Gasteiger partial charge in [-0.1, -0.05) is 0 Å². The summed E-state index contributed by atoms with van der Waals surface area (Å²) in [5.74, 6) is -1.43. The van der Waals surface area contributed by atoms with Gasteiger partial charge in [-0.2, -0.15) is 0 Å². The first-order valence-electron chi connectivity index (χ1n) is 3.69. The molecule has 16 heavy (non-hydrogen) atoms. The largest absolute Gasteiger partial charge is 1.00 e. The molecule has 0 aromatic heterocycles. The van der Waals surface area contributed by atoms with Crippen LogP contribution in [0, 0.1) is 10.1 Å². The van der Waals surface area contributed by atoms with Gasteiger partial charge in [-0.25, -0.2) is 8.42 Å². The van der Waals surface area contributed by atoms with E-state index < -0.39 is 26.5 Å². The molecular formula is C7H6NNaO6S. The maximum Gasteiger partial charge on any atom is 1.00 e. The Morgan fingerprint density at radius 3 is 2.38 bits per heavy atom. The second-order valence-electron chi connectivity index (χ2n) is 2.77. The van der Waals surface area contributed by atoms with E-state index in [-0.39, 0.29) is 40.8 Å². The fourth-order valence-corrected chi connectivity index (χ4v) is 1.60. The zero-order chi connectivity index (χ0) is 11.6. The topological polar surface area (TPSA) is 121 Å². The third-order valence-corrected chi connectivity index (χ3v) is 2.27. The third-order valence-electron chi connectivity index (χ3n) is 1.61. The van der Waals surface area contributed by atoms with E-state index in [2.05, 4.69) is 0 Å². The van der Waals surface area contributed by atoms with Crippen LogP contribution in [-0.2, 0) is 15.9 Å². The van der Waals surface area contributed by atoms with E-state index in [9.17, 15) is 23.1 Å². The van der Waals surface area contributed by atoms with Crippen LogP contribution in [0.1, 0.15) is 5.56 Å². The number of benzene rings is 1. The molecule has 0 unspecified atom stereocenters. The van der Waals surface area contributed by atoms with Gasteiger partial charge in [0.2, 0.25) is 0 Å². The summed E-state index contributed by atoms with van der Waals surface area (Å²) in [4.78, 5) is 9.58. The Kier molecular flexibility index (Phi) is 5.36. The van der Waals surface area contributed by atoms with Crippen LogP contribution >= 0.6 is 0 Å². The minimum absolute atomic E-state index is 0. The average Bonchev–Trinajstić information content (AvgIpc) is 2.06. The van der Waals surface area contributed by atoms with E-state index in [1.54, 1.807) is 0 Å². The fraction of sp³-hybridized carbons (Fsp3) is 0.143. The summed E-state index contributed by atoms with van der Waals surface area (Å²) in [7, 11) is -4.57. The number of nitro benzene ring substituents is 1. The molecule has 0 heterocycles. The second-order valence-corrected chi connectivity index (χ2v) is 4.18. The standard InChI is InChI=1S/C7H7NO6S.Na/c9-7-2-1-6(8(10)11)3-5(7)4-15(12,13)14;/h1-3,9H,4H2,(H,12,13,14);/q;+1/p-1. The number of phenols is 1. The van der Waals surface area contributed by atoms with Gasteiger partial charge < -0.3 is 9.66 Å². The van der Waals surface area contributed by atoms with Crippen LogP contribution in [0.3, 0.4) is 0 Å². The van der Waals surface area contributed by atoms with Crippen molar-refractivity contribution < 1.29 is 52.6 Å². The molecule has 0 fully saturated rings. The van der Waals surface area contributed by atoms with Crippen molar-refractivity contribution in [3.63, 3.8) is 0 Å². The van der Waals surface area contributed by atoms with Crippen molar-refractivity contribution in [1.29, 1.82) is 0 Å². The number of nitrogens with zero attached hydrogens (tertiary/aromatic N) is 1. The summed E-state index contributed by atoms with van der Waals surface area (Å²) in [5, 5.41) is 19.5. The van der Waals surface area contributed by atoms with E-state index in [0.717, 1.165) is 18.2 Å². The molecule has 0 aliphatic carbocycles. The van der Waals surface area contributed by atoms with Crippen molar-refractivity contribution in [3.8, 4) is 5.75 Å². The summed E-state index contributed by atoms with van der Waals surface area (Å²) in [5.41, 5.74) is -0.661. The van der Waals surface area contributed by atoms with E-state index in [1.165, 1.54) is 0 Å². The quantitative estimate of drug-likeness (QED) is 0.272. The number of aromatic hydroxyl groups is 1. The molecule has 1 N–H and O–H groups in total. The van der Waals surface area contributed by atoms with Gasteiger partial charge in [0.15, 0.2) is 0 Å². The molecule has 0 spiro atoms. The Balaban J connectivity index is 0.00000225.